The van der Waals surface area contributed by atoms with Gasteiger partial charge in [-0.2, -0.15) is 0 Å². The SMILES string of the molecule is CC1(C)c2ccccc2-c2c1ccc1ccc3c(c4ccccc4n3-c3cc(-c4ccccc4)cc(-c4ccccc4)c3)c21. The van der Waals surface area contributed by atoms with Gasteiger partial charge in [-0.05, 0) is 85.6 Å². The van der Waals surface area contributed by atoms with Gasteiger partial charge in [-0.3, -0.25) is 0 Å². The van der Waals surface area contributed by atoms with Crippen molar-refractivity contribution in [3.63, 3.8) is 0 Å². The number of hydrogen-bond donors (Lipinski definition) is 0. The Morgan fingerprint density at radius 3 is 1.80 bits per heavy atom. The molecule has 0 spiro atoms. The lowest BCUT2D eigenvalue weighted by Gasteiger charge is -2.21. The Morgan fingerprint density at radius 1 is 0.455 bits per heavy atom. The smallest absolute Gasteiger partial charge is 0.0547 e. The minimum Gasteiger partial charge on any atom is -0.309 e. The van der Waals surface area contributed by atoms with Crippen LogP contribution in [0.15, 0.2) is 152 Å². The third kappa shape index (κ3) is 3.53. The molecule has 0 unspecified atom stereocenters. The predicted octanol–water partition coefficient (Wildman–Crippen LogP) is 11.6. The molecular formula is C43H31N. The molecule has 0 fully saturated rings. The van der Waals surface area contributed by atoms with Crippen molar-refractivity contribution in [2.75, 3.05) is 0 Å². The summed E-state index contributed by atoms with van der Waals surface area (Å²) in [5, 5.41) is 5.26. The number of para-hydroxylation sites is 1. The Balaban J connectivity index is 1.42. The van der Waals surface area contributed by atoms with Crippen LogP contribution < -0.4 is 0 Å². The summed E-state index contributed by atoms with van der Waals surface area (Å²) in [6.07, 6.45) is 0. The first-order valence-electron chi connectivity index (χ1n) is 15.5. The van der Waals surface area contributed by atoms with E-state index in [0.29, 0.717) is 0 Å². The van der Waals surface area contributed by atoms with Crippen LogP contribution in [-0.2, 0) is 5.41 Å². The van der Waals surface area contributed by atoms with Crippen LogP contribution in [0.1, 0.15) is 25.0 Å². The molecule has 7 aromatic carbocycles. The normalized spacial score (nSPS) is 13.4. The second-order valence-corrected chi connectivity index (χ2v) is 12.6. The molecule has 0 atom stereocenters. The molecule has 1 heteroatoms. The van der Waals surface area contributed by atoms with Crippen LogP contribution in [0.2, 0.25) is 0 Å². The van der Waals surface area contributed by atoms with Gasteiger partial charge >= 0.3 is 0 Å². The van der Waals surface area contributed by atoms with Crippen molar-refractivity contribution in [2.45, 2.75) is 19.3 Å². The topological polar surface area (TPSA) is 4.93 Å². The van der Waals surface area contributed by atoms with E-state index in [1.807, 2.05) is 0 Å². The molecular weight excluding hydrogens is 530 g/mol. The fraction of sp³-hybridized carbons (Fsp3) is 0.0698. The van der Waals surface area contributed by atoms with E-state index in [4.69, 9.17) is 0 Å². The fourth-order valence-electron chi connectivity index (χ4n) is 7.68. The maximum Gasteiger partial charge on any atom is 0.0547 e. The van der Waals surface area contributed by atoms with E-state index in [1.165, 1.54) is 82.8 Å². The Kier molecular flexibility index (Phi) is 5.31. The molecule has 1 aromatic heterocycles. The number of hydrogen-bond acceptors (Lipinski definition) is 0. The van der Waals surface area contributed by atoms with Crippen molar-refractivity contribution >= 4 is 32.6 Å². The van der Waals surface area contributed by atoms with Crippen LogP contribution in [0.25, 0.3) is 71.6 Å². The number of nitrogens with zero attached hydrogens (tertiary/aromatic N) is 1. The van der Waals surface area contributed by atoms with E-state index in [1.54, 1.807) is 0 Å². The second kappa shape index (κ2) is 9.30. The summed E-state index contributed by atoms with van der Waals surface area (Å²) in [5.41, 5.74) is 14.0. The molecule has 1 aliphatic rings. The van der Waals surface area contributed by atoms with Gasteiger partial charge in [-0.15, -0.1) is 0 Å². The summed E-state index contributed by atoms with van der Waals surface area (Å²) < 4.78 is 2.48. The molecule has 0 saturated carbocycles. The van der Waals surface area contributed by atoms with Crippen LogP contribution in [-0.4, -0.2) is 4.57 Å². The highest BCUT2D eigenvalue weighted by atomic mass is 15.0. The summed E-state index contributed by atoms with van der Waals surface area (Å²) in [6, 6.07) is 55.8. The van der Waals surface area contributed by atoms with Crippen LogP contribution in [0.4, 0.5) is 0 Å². The number of rotatable bonds is 3. The van der Waals surface area contributed by atoms with Gasteiger partial charge in [0, 0.05) is 21.9 Å². The summed E-state index contributed by atoms with van der Waals surface area (Å²) in [4.78, 5) is 0. The van der Waals surface area contributed by atoms with Gasteiger partial charge in [0.25, 0.3) is 0 Å². The van der Waals surface area contributed by atoms with Gasteiger partial charge < -0.3 is 4.57 Å². The van der Waals surface area contributed by atoms with Crippen molar-refractivity contribution in [1.29, 1.82) is 0 Å². The molecule has 208 valence electrons. The average molecular weight is 562 g/mol. The van der Waals surface area contributed by atoms with E-state index in [0.717, 1.165) is 0 Å². The van der Waals surface area contributed by atoms with Crippen molar-refractivity contribution in [1.82, 2.24) is 4.57 Å². The molecule has 0 saturated heterocycles. The van der Waals surface area contributed by atoms with Gasteiger partial charge in [0.05, 0.1) is 11.0 Å². The summed E-state index contributed by atoms with van der Waals surface area (Å²) in [5.74, 6) is 0. The zero-order chi connectivity index (χ0) is 29.4. The van der Waals surface area contributed by atoms with E-state index in [2.05, 4.69) is 170 Å². The molecule has 0 amide bonds. The van der Waals surface area contributed by atoms with Gasteiger partial charge in [0.2, 0.25) is 0 Å². The molecule has 9 rings (SSSR count). The van der Waals surface area contributed by atoms with Crippen LogP contribution in [0.3, 0.4) is 0 Å². The van der Waals surface area contributed by atoms with Gasteiger partial charge in [0.15, 0.2) is 0 Å². The van der Waals surface area contributed by atoms with Gasteiger partial charge in [0.1, 0.15) is 0 Å². The van der Waals surface area contributed by atoms with Gasteiger partial charge in [-0.1, -0.05) is 135 Å². The predicted molar refractivity (Wildman–Crippen MR) is 187 cm³/mol. The Labute approximate surface area is 257 Å². The first-order valence-corrected chi connectivity index (χ1v) is 15.5. The zero-order valence-corrected chi connectivity index (χ0v) is 24.9. The number of aromatic nitrogens is 1. The van der Waals surface area contributed by atoms with E-state index in [-0.39, 0.29) is 5.41 Å². The molecule has 0 bridgehead atoms. The Morgan fingerprint density at radius 2 is 1.07 bits per heavy atom. The first kappa shape index (κ1) is 25.1. The monoisotopic (exact) mass is 561 g/mol. The molecule has 44 heavy (non-hydrogen) atoms. The highest BCUT2D eigenvalue weighted by molar-refractivity contribution is 6.26. The van der Waals surface area contributed by atoms with Crippen LogP contribution in [0.5, 0.6) is 0 Å². The third-order valence-corrected chi connectivity index (χ3v) is 9.75. The van der Waals surface area contributed by atoms with Crippen LogP contribution >= 0.6 is 0 Å². The fourth-order valence-corrected chi connectivity index (χ4v) is 7.68. The summed E-state index contributed by atoms with van der Waals surface area (Å²) in [7, 11) is 0. The first-order chi connectivity index (χ1) is 21.6. The lowest BCUT2D eigenvalue weighted by Crippen LogP contribution is -2.14. The average Bonchev–Trinajstić information content (AvgIpc) is 3.54. The van der Waals surface area contributed by atoms with Crippen LogP contribution in [0, 0.1) is 0 Å². The summed E-state index contributed by atoms with van der Waals surface area (Å²) >= 11 is 0. The zero-order valence-electron chi connectivity index (χ0n) is 24.9. The maximum atomic E-state index is 2.48. The van der Waals surface area contributed by atoms with E-state index >= 15 is 0 Å². The molecule has 1 heterocycles. The number of benzene rings is 7. The third-order valence-electron chi connectivity index (χ3n) is 9.75. The maximum absolute atomic E-state index is 2.48. The molecule has 0 aliphatic heterocycles. The number of fused-ring (bicyclic) bond motifs is 9. The molecule has 8 aromatic rings. The molecule has 1 aliphatic carbocycles. The van der Waals surface area contributed by atoms with Crippen molar-refractivity contribution < 1.29 is 0 Å². The highest BCUT2D eigenvalue weighted by Crippen LogP contribution is 2.53. The Bertz CT molecular complexity index is 2330. The van der Waals surface area contributed by atoms with E-state index in [9.17, 15) is 0 Å². The second-order valence-electron chi connectivity index (χ2n) is 12.6. The standard InChI is InChI=1S/C43H31N/c1-43(2)36-19-11-9-17-34(36)41-37(43)23-21-30-22-24-39-42(40(30)41)35-18-10-12-20-38(35)44(39)33-26-31(28-13-5-3-6-14-28)25-32(27-33)29-15-7-4-8-16-29/h3-27H,1-2H3. The van der Waals surface area contributed by atoms with Crippen molar-refractivity contribution in [3.8, 4) is 39.1 Å². The largest absolute Gasteiger partial charge is 0.309 e. The molecule has 1 nitrogen and oxygen atoms in total. The quantitative estimate of drug-likeness (QED) is 0.202. The lowest BCUT2D eigenvalue weighted by molar-refractivity contribution is 0.661. The Hall–Kier alpha value is -5.40. The molecule has 0 radical (unpaired) electrons. The lowest BCUT2D eigenvalue weighted by atomic mass is 9.82. The minimum atomic E-state index is -0.0464. The highest BCUT2D eigenvalue weighted by Gasteiger charge is 2.36. The van der Waals surface area contributed by atoms with Crippen molar-refractivity contribution in [3.05, 3.63) is 163 Å². The minimum absolute atomic E-state index is 0.0464. The van der Waals surface area contributed by atoms with Gasteiger partial charge in [-0.25, -0.2) is 0 Å². The van der Waals surface area contributed by atoms with Crippen molar-refractivity contribution in [2.24, 2.45) is 0 Å². The van der Waals surface area contributed by atoms with E-state index < -0.39 is 0 Å². The summed E-state index contributed by atoms with van der Waals surface area (Å²) in [6.45, 7) is 4.74. The molecule has 0 N–H and O–H groups in total.